The van der Waals surface area contributed by atoms with Crippen LogP contribution in [0.4, 0.5) is 0 Å². The molecular formula is C76H136N11O33P. The first-order valence-electron chi connectivity index (χ1n) is 42.0. The van der Waals surface area contributed by atoms with Gasteiger partial charge in [-0.1, -0.05) is 12.8 Å². The Kier molecular flexibility index (Phi) is 53.9. The normalized spacial score (nSPS) is 24.5. The number of hydrogen-bond acceptors (Lipinski definition) is 32. The first-order chi connectivity index (χ1) is 57.9. The SMILES string of the molecule is CC(=O)NC1C(OCCCCC(=O)NCCCNC(=O)CCOCC(COCCC(=O)NCCCNC(=O)CCCCOC2OC(CO)C(O)C(O)C2NC(C)=O)(COCCC(=O)NCCCNC(=O)CCCCOC2OC(CO)C(O)C(O)C2NC(C)=O)NC(=O)CCCC(=O)NCCCCCCOP(=O)(O)OC2CCC2)OC(CO)C(O)C1O. The van der Waals surface area contributed by atoms with Gasteiger partial charge in [0.25, 0.3) is 0 Å². The molecule has 4 aliphatic rings. The number of hydrogen-bond donors (Lipinski definition) is 21. The van der Waals surface area contributed by atoms with Crippen molar-refractivity contribution in [2.75, 3.05) is 132 Å². The van der Waals surface area contributed by atoms with Crippen LogP contribution < -0.4 is 58.5 Å². The van der Waals surface area contributed by atoms with Gasteiger partial charge in [-0.05, 0) is 96.3 Å². The Morgan fingerprint density at radius 2 is 0.645 bits per heavy atom. The molecule has 21 N–H and O–H groups in total. The largest absolute Gasteiger partial charge is 0.472 e. The van der Waals surface area contributed by atoms with Crippen molar-refractivity contribution in [1.29, 1.82) is 0 Å². The number of phosphoric acid groups is 1. The molecule has 0 aromatic rings. The Bertz CT molecular complexity index is 2860. The van der Waals surface area contributed by atoms with Crippen LogP contribution in [0, 0.1) is 0 Å². The van der Waals surface area contributed by atoms with E-state index in [4.69, 9.17) is 51.7 Å². The second-order valence-corrected chi connectivity index (χ2v) is 31.7. The second-order valence-electron chi connectivity index (χ2n) is 30.3. The molecule has 0 spiro atoms. The molecule has 121 heavy (non-hydrogen) atoms. The summed E-state index contributed by atoms with van der Waals surface area (Å²) in [5, 5.41) is 121. The monoisotopic (exact) mass is 1760 g/mol. The van der Waals surface area contributed by atoms with E-state index in [9.17, 15) is 108 Å². The molecule has 0 bridgehead atoms. The maximum Gasteiger partial charge on any atom is 0.472 e. The molecule has 44 nitrogen and oxygen atoms in total. The molecule has 16 unspecified atom stereocenters. The van der Waals surface area contributed by atoms with Crippen LogP contribution in [0.3, 0.4) is 0 Å². The van der Waals surface area contributed by atoms with Gasteiger partial charge in [0, 0.05) is 138 Å². The van der Waals surface area contributed by atoms with Crippen molar-refractivity contribution in [3.63, 3.8) is 0 Å². The van der Waals surface area contributed by atoms with Gasteiger partial charge in [-0.15, -0.1) is 0 Å². The van der Waals surface area contributed by atoms with Crippen LogP contribution in [-0.2, 0) is 109 Å². The molecule has 0 aromatic heterocycles. The van der Waals surface area contributed by atoms with E-state index in [1.54, 1.807) is 0 Å². The molecule has 4 rings (SSSR count). The lowest BCUT2D eigenvalue weighted by molar-refractivity contribution is -0.270. The van der Waals surface area contributed by atoms with Gasteiger partial charge < -0.3 is 152 Å². The third kappa shape index (κ3) is 44.8. The third-order valence-corrected chi connectivity index (χ3v) is 20.8. The Morgan fingerprint density at radius 3 is 0.950 bits per heavy atom. The number of carbonyl (C=O) groups is 11. The number of aliphatic hydroxyl groups excluding tert-OH is 9. The van der Waals surface area contributed by atoms with Crippen LogP contribution in [0.25, 0.3) is 0 Å². The van der Waals surface area contributed by atoms with Crippen molar-refractivity contribution in [2.45, 2.75) is 285 Å². The van der Waals surface area contributed by atoms with Gasteiger partial charge in [-0.25, -0.2) is 4.57 Å². The Morgan fingerprint density at radius 1 is 0.355 bits per heavy atom. The van der Waals surface area contributed by atoms with Gasteiger partial charge in [0.2, 0.25) is 65.0 Å². The molecule has 698 valence electrons. The minimum Gasteiger partial charge on any atom is -0.394 e. The minimum absolute atomic E-state index is 0.0275. The summed E-state index contributed by atoms with van der Waals surface area (Å²) >= 11 is 0. The molecule has 3 saturated heterocycles. The summed E-state index contributed by atoms with van der Waals surface area (Å²) in [5.74, 6) is -4.44. The summed E-state index contributed by atoms with van der Waals surface area (Å²) in [5.41, 5.74) is -1.54. The Hall–Kier alpha value is -6.44. The zero-order valence-electron chi connectivity index (χ0n) is 69.9. The topological polar surface area (TPSA) is 641 Å². The third-order valence-electron chi connectivity index (χ3n) is 19.7. The highest BCUT2D eigenvalue weighted by Crippen LogP contribution is 2.48. The molecule has 1 saturated carbocycles. The van der Waals surface area contributed by atoms with E-state index in [0.29, 0.717) is 103 Å². The molecule has 3 aliphatic heterocycles. The van der Waals surface area contributed by atoms with Gasteiger partial charge in [-0.3, -0.25) is 61.8 Å². The fourth-order valence-electron chi connectivity index (χ4n) is 12.8. The number of carbonyl (C=O) groups excluding carboxylic acids is 11. The minimum atomic E-state index is -4.12. The van der Waals surface area contributed by atoms with Gasteiger partial charge in [0.1, 0.15) is 78.6 Å². The van der Waals surface area contributed by atoms with E-state index in [-0.39, 0.29) is 193 Å². The van der Waals surface area contributed by atoms with Crippen molar-refractivity contribution in [1.82, 2.24) is 58.5 Å². The average Bonchev–Trinajstić information content (AvgIpc) is 0.816. The number of phosphoric ester groups is 1. The van der Waals surface area contributed by atoms with E-state index in [0.717, 1.165) is 6.42 Å². The van der Waals surface area contributed by atoms with Crippen molar-refractivity contribution >= 4 is 72.8 Å². The molecule has 0 radical (unpaired) electrons. The van der Waals surface area contributed by atoms with Crippen LogP contribution in [0.1, 0.15) is 181 Å². The fraction of sp³-hybridized carbons (Fsp3) is 0.855. The number of unbranched alkanes of at least 4 members (excludes halogenated alkanes) is 6. The summed E-state index contributed by atoms with van der Waals surface area (Å²) in [6, 6.07) is -3.33. The highest BCUT2D eigenvalue weighted by molar-refractivity contribution is 7.47. The molecule has 3 heterocycles. The van der Waals surface area contributed by atoms with Crippen LogP contribution in [-0.4, -0.2) is 351 Å². The van der Waals surface area contributed by atoms with Crippen molar-refractivity contribution in [3.8, 4) is 0 Å². The summed E-state index contributed by atoms with van der Waals surface area (Å²) in [4.78, 5) is 149. The number of amides is 11. The fourth-order valence-corrected chi connectivity index (χ4v) is 13.8. The van der Waals surface area contributed by atoms with Crippen LogP contribution in [0.15, 0.2) is 0 Å². The Balaban J connectivity index is 1.30. The van der Waals surface area contributed by atoms with Gasteiger partial charge in [-0.2, -0.15) is 0 Å². The maximum absolute atomic E-state index is 14.0. The highest BCUT2D eigenvalue weighted by Gasteiger charge is 2.48. The zero-order valence-corrected chi connectivity index (χ0v) is 70.8. The number of rotatable bonds is 66. The van der Waals surface area contributed by atoms with Crippen LogP contribution >= 0.6 is 7.82 Å². The van der Waals surface area contributed by atoms with E-state index in [1.807, 2.05) is 0 Å². The number of aliphatic hydroxyl groups is 9. The predicted molar refractivity (Wildman–Crippen MR) is 424 cm³/mol. The lowest BCUT2D eigenvalue weighted by Gasteiger charge is -2.42. The number of nitrogens with one attached hydrogen (secondary N) is 11. The molecule has 16 atom stereocenters. The molecule has 4 fully saturated rings. The molecule has 1 aliphatic carbocycles. The lowest BCUT2D eigenvalue weighted by atomic mass is 9.97. The van der Waals surface area contributed by atoms with E-state index in [1.165, 1.54) is 20.8 Å². The van der Waals surface area contributed by atoms with Crippen molar-refractivity contribution < 1.29 is 160 Å². The molecule has 0 aromatic carbocycles. The standard InChI is InChI=1S/C76H136N11O33P/c1-49(91)84-64-70(105)67(102)53(43-88)117-73(64)113-36-11-6-21-56(94)78-30-16-33-81-60(98)26-40-110-46-76(87-63(101)25-15-24-59(97)77-29-9-4-5-10-39-116-121(108,109)120-52-19-14-20-52,47-111-41-27-61(99)82-34-17-31-79-57(95)22-7-12-37-114-74-65(85-50(2)92)71(106)68(103)54(44-89)118-74)48-112-42-28-62(100)83-35-18-32-80-58(96)23-8-13-38-115-75-66(86-51(3)93)72(107)69(104)55(45-90)119-75/h52-55,64-75,88-90,102-107H,4-48H2,1-3H3,(H,77,97)(H,78,94)(H,79,95)(H,80,96)(H,81,98)(H,82,99)(H,83,100)(H,84,91)(H,85,92)(H,86,93)(H,87,101)(H,108,109). The average molecular weight is 1760 g/mol. The summed E-state index contributed by atoms with van der Waals surface area (Å²) < 4.78 is 74.4. The zero-order chi connectivity index (χ0) is 89.0. The van der Waals surface area contributed by atoms with E-state index in [2.05, 4.69) is 58.5 Å². The lowest BCUT2D eigenvalue weighted by Crippen LogP contribution is -2.64. The highest BCUT2D eigenvalue weighted by atomic mass is 31.2. The summed E-state index contributed by atoms with van der Waals surface area (Å²) in [6.07, 6.45) is -8.10. The second kappa shape index (κ2) is 61.0. The Labute approximate surface area is 705 Å². The first kappa shape index (κ1) is 107. The predicted octanol–water partition coefficient (Wildman–Crippen LogP) is -5.15. The summed E-state index contributed by atoms with van der Waals surface area (Å²) in [7, 11) is -4.12. The van der Waals surface area contributed by atoms with Gasteiger partial charge in [0.15, 0.2) is 18.9 Å². The van der Waals surface area contributed by atoms with Crippen molar-refractivity contribution in [3.05, 3.63) is 0 Å². The smallest absolute Gasteiger partial charge is 0.394 e. The van der Waals surface area contributed by atoms with Crippen molar-refractivity contribution in [2.24, 2.45) is 0 Å². The van der Waals surface area contributed by atoms with Crippen LogP contribution in [0.5, 0.6) is 0 Å². The van der Waals surface area contributed by atoms with E-state index >= 15 is 0 Å². The summed E-state index contributed by atoms with van der Waals surface area (Å²) in [6.45, 7) is 2.02. The maximum atomic E-state index is 14.0. The first-order valence-corrected chi connectivity index (χ1v) is 43.5. The molecule has 11 amide bonds. The quantitative estimate of drug-likeness (QED) is 0.0200. The molecule has 45 heteroatoms. The van der Waals surface area contributed by atoms with Gasteiger partial charge >= 0.3 is 7.82 Å². The van der Waals surface area contributed by atoms with E-state index < -0.39 is 166 Å². The van der Waals surface area contributed by atoms with Crippen LogP contribution in [0.2, 0.25) is 0 Å². The number of ether oxygens (including phenoxy) is 9. The van der Waals surface area contributed by atoms with Gasteiger partial charge in [0.05, 0.1) is 72.2 Å². The molecular weight excluding hydrogens is 1630 g/mol.